The number of benzene rings is 2. The second kappa shape index (κ2) is 11.9. The number of anilines is 1. The van der Waals surface area contributed by atoms with Crippen molar-refractivity contribution in [2.24, 2.45) is 0 Å². The summed E-state index contributed by atoms with van der Waals surface area (Å²) in [5.74, 6) is 0.698. The van der Waals surface area contributed by atoms with E-state index in [9.17, 15) is 14.4 Å². The number of hydrogen-bond acceptors (Lipinski definition) is 8. The number of carbonyl (C=O) groups excluding carboxylic acids is 2. The number of hydrogen-bond donors (Lipinski definition) is 2. The number of nitrogens with one attached hydrogen (secondary N) is 2. The zero-order chi connectivity index (χ0) is 27.4. The second-order valence-electron chi connectivity index (χ2n) is 9.02. The van der Waals surface area contributed by atoms with Crippen LogP contribution in [0.1, 0.15) is 45.1 Å². The Labute approximate surface area is 233 Å². The van der Waals surface area contributed by atoms with Gasteiger partial charge in [0.05, 0.1) is 19.8 Å². The Morgan fingerprint density at radius 2 is 1.92 bits per heavy atom. The lowest BCUT2D eigenvalue weighted by atomic mass is 9.83. The molecule has 5 rings (SSSR count). The monoisotopic (exact) mass is 566 g/mol. The van der Waals surface area contributed by atoms with E-state index in [1.165, 1.54) is 40.5 Å². The number of amides is 1. The molecule has 0 saturated heterocycles. The van der Waals surface area contributed by atoms with Crippen LogP contribution in [0.2, 0.25) is 0 Å². The fourth-order valence-electron chi connectivity index (χ4n) is 4.72. The summed E-state index contributed by atoms with van der Waals surface area (Å²) in [4.78, 5) is 39.0. The predicted molar refractivity (Wildman–Crippen MR) is 148 cm³/mol. The number of ether oxygens (including phenoxy) is 2. The number of aromatic amines is 1. The lowest BCUT2D eigenvalue weighted by Gasteiger charge is -2.22. The number of carbonyl (C=O) groups is 2. The quantitative estimate of drug-likeness (QED) is 0.174. The molecule has 0 saturated carbocycles. The zero-order valence-corrected chi connectivity index (χ0v) is 23.2. The Balaban J connectivity index is 1.26. The molecule has 1 unspecified atom stereocenters. The molecule has 9 nitrogen and oxygen atoms in total. The Hall–Kier alpha value is -3.83. The molecule has 11 heteroatoms. The highest BCUT2D eigenvalue weighted by atomic mass is 32.2. The number of fused-ring (bicyclic) bond motifs is 1. The zero-order valence-electron chi connectivity index (χ0n) is 21.5. The maximum Gasteiger partial charge on any atom is 0.442 e. The summed E-state index contributed by atoms with van der Waals surface area (Å²) in [5.41, 5.74) is 2.86. The Morgan fingerprint density at radius 1 is 1.15 bits per heavy atom. The first-order valence-electron chi connectivity index (χ1n) is 12.5. The number of thiophene rings is 1. The second-order valence-corrected chi connectivity index (χ2v) is 11.2. The van der Waals surface area contributed by atoms with Crippen LogP contribution in [-0.2, 0) is 22.4 Å². The minimum absolute atomic E-state index is 0.133. The van der Waals surface area contributed by atoms with Crippen molar-refractivity contribution in [3.63, 3.8) is 0 Å². The molecule has 2 N–H and O–H groups in total. The maximum absolute atomic E-state index is 12.9. The van der Waals surface area contributed by atoms with Gasteiger partial charge in [0.1, 0.15) is 10.8 Å². The van der Waals surface area contributed by atoms with E-state index in [2.05, 4.69) is 22.7 Å². The number of H-pyrrole nitrogens is 1. The molecule has 2 aromatic carbocycles. The minimum Gasteiger partial charge on any atom is -0.497 e. The summed E-state index contributed by atoms with van der Waals surface area (Å²) in [6, 6.07) is 17.5. The summed E-state index contributed by atoms with van der Waals surface area (Å²) in [7, 11) is 2.93. The highest BCUT2D eigenvalue weighted by Crippen LogP contribution is 2.42. The van der Waals surface area contributed by atoms with Crippen molar-refractivity contribution in [3.8, 4) is 11.4 Å². The Morgan fingerprint density at radius 3 is 2.64 bits per heavy atom. The van der Waals surface area contributed by atoms with Crippen LogP contribution in [0.15, 0.2) is 68.9 Å². The SMILES string of the molecule is COC(=O)c1c(NC(=O)CCSc2c(=O)o[nH][n+]2-c2ccc(OC)cc2)sc2c1CCC(c1ccccc1)C2. The molecule has 1 atom stereocenters. The average Bonchev–Trinajstić information content (AvgIpc) is 3.52. The van der Waals surface area contributed by atoms with Crippen molar-refractivity contribution in [1.82, 2.24) is 5.27 Å². The predicted octanol–water partition coefficient (Wildman–Crippen LogP) is 4.49. The number of methoxy groups -OCH3 is 2. The molecule has 1 aliphatic carbocycles. The van der Waals surface area contributed by atoms with Gasteiger partial charge in [-0.15, -0.1) is 11.3 Å². The fraction of sp³-hybridized carbons (Fsp3) is 0.286. The van der Waals surface area contributed by atoms with E-state index < -0.39 is 11.6 Å². The van der Waals surface area contributed by atoms with E-state index in [1.54, 1.807) is 31.4 Å². The average molecular weight is 567 g/mol. The standard InChI is InChI=1S/C28H27N3O6S2/c1-35-20-11-9-19(10-12-20)31-26(28(34)37-30-31)38-15-14-23(32)29-25-24(27(33)36-2)21-13-8-18(16-22(21)39-25)17-6-4-3-5-7-17/h3-7,9-12,18H,8,13-16H2,1-2H3,(H-,29,30,32,33,34)/p+1. The van der Waals surface area contributed by atoms with Crippen molar-refractivity contribution in [2.45, 2.75) is 36.6 Å². The summed E-state index contributed by atoms with van der Waals surface area (Å²) in [6.07, 6.45) is 2.62. The van der Waals surface area contributed by atoms with E-state index in [4.69, 9.17) is 14.0 Å². The van der Waals surface area contributed by atoms with Gasteiger partial charge in [-0.3, -0.25) is 9.32 Å². The van der Waals surface area contributed by atoms with Gasteiger partial charge in [0.15, 0.2) is 0 Å². The summed E-state index contributed by atoms with van der Waals surface area (Å²) in [6.45, 7) is 0. The van der Waals surface area contributed by atoms with Crippen molar-refractivity contribution < 1.29 is 28.3 Å². The van der Waals surface area contributed by atoms with E-state index in [0.717, 1.165) is 29.7 Å². The van der Waals surface area contributed by atoms with Crippen LogP contribution in [0, 0.1) is 0 Å². The first-order valence-corrected chi connectivity index (χ1v) is 14.3. The molecule has 0 fully saturated rings. The molecule has 202 valence electrons. The van der Waals surface area contributed by atoms with Crippen LogP contribution in [0.4, 0.5) is 5.00 Å². The molecule has 0 bridgehead atoms. The van der Waals surface area contributed by atoms with Gasteiger partial charge in [0.2, 0.25) is 11.6 Å². The van der Waals surface area contributed by atoms with Crippen molar-refractivity contribution in [1.29, 1.82) is 0 Å². The van der Waals surface area contributed by atoms with Gasteiger partial charge >= 0.3 is 16.6 Å². The van der Waals surface area contributed by atoms with Crippen LogP contribution in [0.3, 0.4) is 0 Å². The van der Waals surface area contributed by atoms with Gasteiger partial charge < -0.3 is 14.8 Å². The third-order valence-electron chi connectivity index (χ3n) is 6.68. The first-order chi connectivity index (χ1) is 19.0. The van der Waals surface area contributed by atoms with Gasteiger partial charge in [0, 0.05) is 29.2 Å². The topological polar surface area (TPSA) is 115 Å². The number of esters is 1. The number of nitrogens with zero attached hydrogens (tertiary/aromatic N) is 1. The number of aromatic nitrogens is 2. The Kier molecular flexibility index (Phi) is 8.18. The summed E-state index contributed by atoms with van der Waals surface area (Å²) >= 11 is 2.65. The lowest BCUT2D eigenvalue weighted by Crippen LogP contribution is -2.36. The van der Waals surface area contributed by atoms with Crippen LogP contribution < -0.4 is 20.4 Å². The fourth-order valence-corrected chi connectivity index (χ4v) is 6.96. The molecule has 0 radical (unpaired) electrons. The molecular weight excluding hydrogens is 538 g/mol. The van der Waals surface area contributed by atoms with Crippen LogP contribution in [0.5, 0.6) is 5.75 Å². The van der Waals surface area contributed by atoms with Gasteiger partial charge in [-0.05, 0) is 70.2 Å². The number of thioether (sulfide) groups is 1. The largest absolute Gasteiger partial charge is 0.497 e. The van der Waals surface area contributed by atoms with Crippen molar-refractivity contribution in [3.05, 3.63) is 86.6 Å². The van der Waals surface area contributed by atoms with Gasteiger partial charge in [0.25, 0.3) is 0 Å². The van der Waals surface area contributed by atoms with E-state index >= 15 is 0 Å². The van der Waals surface area contributed by atoms with Crippen molar-refractivity contribution in [2.75, 3.05) is 25.3 Å². The Bertz CT molecular complexity index is 1530. The van der Waals surface area contributed by atoms with E-state index in [1.807, 2.05) is 18.2 Å². The summed E-state index contributed by atoms with van der Waals surface area (Å²) in [5, 5.41) is 6.36. The molecule has 4 aromatic rings. The third-order valence-corrected chi connectivity index (χ3v) is 8.89. The third kappa shape index (κ3) is 5.79. The summed E-state index contributed by atoms with van der Waals surface area (Å²) < 4.78 is 16.7. The van der Waals surface area contributed by atoms with Gasteiger partial charge in [-0.1, -0.05) is 30.3 Å². The van der Waals surface area contributed by atoms with E-state index in [0.29, 0.717) is 38.7 Å². The van der Waals surface area contributed by atoms with Crippen LogP contribution >= 0.6 is 23.1 Å². The van der Waals surface area contributed by atoms with E-state index in [-0.39, 0.29) is 12.3 Å². The highest BCUT2D eigenvalue weighted by Gasteiger charge is 2.31. The molecule has 39 heavy (non-hydrogen) atoms. The van der Waals surface area contributed by atoms with Crippen molar-refractivity contribution >= 4 is 40.0 Å². The highest BCUT2D eigenvalue weighted by molar-refractivity contribution is 7.99. The molecule has 2 heterocycles. The minimum atomic E-state index is -0.525. The molecule has 1 amide bonds. The molecule has 0 spiro atoms. The normalized spacial score (nSPS) is 14.5. The van der Waals surface area contributed by atoms with Gasteiger partial charge in [-0.25, -0.2) is 9.59 Å². The smallest absolute Gasteiger partial charge is 0.442 e. The number of rotatable bonds is 9. The lowest BCUT2D eigenvalue weighted by molar-refractivity contribution is -0.704. The molecule has 0 aliphatic heterocycles. The molecule has 2 aromatic heterocycles. The van der Waals surface area contributed by atoms with Crippen LogP contribution in [-0.4, -0.2) is 37.1 Å². The van der Waals surface area contributed by atoms with Gasteiger partial charge in [-0.2, -0.15) is 0 Å². The first kappa shape index (κ1) is 26.8. The van der Waals surface area contributed by atoms with Crippen LogP contribution in [0.25, 0.3) is 5.69 Å². The molecular formula is C28H28N3O6S2+. The molecule has 1 aliphatic rings. The maximum atomic E-state index is 12.9.